The third-order valence-corrected chi connectivity index (χ3v) is 5.02. The number of rotatable bonds is 5. The highest BCUT2D eigenvalue weighted by Gasteiger charge is 2.49. The molecule has 2 N–H and O–H groups in total. The molecule has 0 bridgehead atoms. The molecule has 2 aromatic rings. The van der Waals surface area contributed by atoms with E-state index in [2.05, 4.69) is 33.2 Å². The number of methoxy groups -OCH3 is 1. The summed E-state index contributed by atoms with van der Waals surface area (Å²) in [4.78, 5) is 38.4. The van der Waals surface area contributed by atoms with Crippen LogP contribution in [0.5, 0.6) is 5.75 Å². The first-order chi connectivity index (χ1) is 12.8. The SMILES string of the molecule is COc1ccc(C2(C)NC(=O)N(CC(=O)Nc3cccc(I)c3)C2=O)cc1. The maximum atomic E-state index is 12.9. The average molecular weight is 479 g/mol. The van der Waals surface area contributed by atoms with Gasteiger partial charge in [-0.3, -0.25) is 14.5 Å². The van der Waals surface area contributed by atoms with Gasteiger partial charge in [-0.1, -0.05) is 18.2 Å². The van der Waals surface area contributed by atoms with E-state index in [-0.39, 0.29) is 6.54 Å². The topological polar surface area (TPSA) is 87.7 Å². The Morgan fingerprint density at radius 2 is 1.93 bits per heavy atom. The summed E-state index contributed by atoms with van der Waals surface area (Å²) in [6.07, 6.45) is 0. The lowest BCUT2D eigenvalue weighted by Crippen LogP contribution is -2.42. The van der Waals surface area contributed by atoms with E-state index < -0.39 is 23.4 Å². The first kappa shape index (κ1) is 19.2. The van der Waals surface area contributed by atoms with Gasteiger partial charge in [0.1, 0.15) is 17.8 Å². The van der Waals surface area contributed by atoms with Crippen LogP contribution in [-0.4, -0.2) is 36.4 Å². The lowest BCUT2D eigenvalue weighted by molar-refractivity contribution is -0.133. The van der Waals surface area contributed by atoms with Gasteiger partial charge in [-0.2, -0.15) is 0 Å². The van der Waals surface area contributed by atoms with Crippen molar-refractivity contribution >= 4 is 46.1 Å². The minimum atomic E-state index is -1.23. The Kier molecular flexibility index (Phi) is 5.36. The summed E-state index contributed by atoms with van der Waals surface area (Å²) in [6, 6.07) is 13.5. The first-order valence-corrected chi connectivity index (χ1v) is 9.25. The van der Waals surface area contributed by atoms with E-state index in [0.717, 1.165) is 8.47 Å². The molecule has 3 rings (SSSR count). The van der Waals surface area contributed by atoms with Crippen LogP contribution in [0.2, 0.25) is 0 Å². The number of ether oxygens (including phenoxy) is 1. The predicted octanol–water partition coefficient (Wildman–Crippen LogP) is 2.71. The van der Waals surface area contributed by atoms with Crippen LogP contribution >= 0.6 is 22.6 Å². The molecule has 0 aromatic heterocycles. The highest BCUT2D eigenvalue weighted by Crippen LogP contribution is 2.30. The zero-order chi connectivity index (χ0) is 19.6. The molecule has 0 saturated carbocycles. The van der Waals surface area contributed by atoms with Gasteiger partial charge in [0.2, 0.25) is 5.91 Å². The van der Waals surface area contributed by atoms with Crippen molar-refractivity contribution in [2.75, 3.05) is 19.0 Å². The Morgan fingerprint density at radius 1 is 1.22 bits per heavy atom. The normalized spacial score (nSPS) is 19.0. The molecule has 1 heterocycles. The number of halogens is 1. The van der Waals surface area contributed by atoms with Crippen LogP contribution in [0.3, 0.4) is 0 Å². The van der Waals surface area contributed by atoms with E-state index in [4.69, 9.17) is 4.74 Å². The van der Waals surface area contributed by atoms with Crippen LogP contribution < -0.4 is 15.4 Å². The van der Waals surface area contributed by atoms with Crippen molar-refractivity contribution in [1.29, 1.82) is 0 Å². The van der Waals surface area contributed by atoms with Gasteiger partial charge >= 0.3 is 6.03 Å². The maximum Gasteiger partial charge on any atom is 0.325 e. The Morgan fingerprint density at radius 3 is 2.56 bits per heavy atom. The molecule has 2 aromatic carbocycles. The van der Waals surface area contributed by atoms with E-state index in [9.17, 15) is 14.4 Å². The number of imide groups is 1. The summed E-state index contributed by atoms with van der Waals surface area (Å²) < 4.78 is 6.08. The van der Waals surface area contributed by atoms with Gasteiger partial charge in [0.25, 0.3) is 5.91 Å². The third-order valence-electron chi connectivity index (χ3n) is 4.35. The molecule has 4 amide bonds. The van der Waals surface area contributed by atoms with Gasteiger partial charge in [-0.25, -0.2) is 4.79 Å². The molecule has 1 aliphatic rings. The number of hydrogen-bond acceptors (Lipinski definition) is 4. The number of urea groups is 1. The number of nitrogens with one attached hydrogen (secondary N) is 2. The van der Waals surface area contributed by atoms with Gasteiger partial charge in [-0.15, -0.1) is 0 Å². The minimum absolute atomic E-state index is 0.359. The number of anilines is 1. The predicted molar refractivity (Wildman–Crippen MR) is 108 cm³/mol. The minimum Gasteiger partial charge on any atom is -0.497 e. The number of benzene rings is 2. The van der Waals surface area contributed by atoms with Crippen molar-refractivity contribution in [1.82, 2.24) is 10.2 Å². The molecular weight excluding hydrogens is 461 g/mol. The van der Waals surface area contributed by atoms with E-state index in [0.29, 0.717) is 17.0 Å². The number of carbonyl (C=O) groups excluding carboxylic acids is 3. The van der Waals surface area contributed by atoms with Crippen LogP contribution in [0.1, 0.15) is 12.5 Å². The summed E-state index contributed by atoms with van der Waals surface area (Å²) in [5.74, 6) is -0.275. The van der Waals surface area contributed by atoms with Crippen molar-refractivity contribution in [3.05, 3.63) is 57.7 Å². The molecule has 27 heavy (non-hydrogen) atoms. The average Bonchev–Trinajstić information content (AvgIpc) is 2.86. The lowest BCUT2D eigenvalue weighted by Gasteiger charge is -2.22. The van der Waals surface area contributed by atoms with Crippen LogP contribution in [0.25, 0.3) is 0 Å². The second kappa shape index (κ2) is 7.55. The smallest absolute Gasteiger partial charge is 0.325 e. The highest BCUT2D eigenvalue weighted by molar-refractivity contribution is 14.1. The molecule has 1 aliphatic heterocycles. The van der Waals surface area contributed by atoms with Gasteiger partial charge in [0.15, 0.2) is 0 Å². The van der Waals surface area contributed by atoms with Gasteiger partial charge in [0.05, 0.1) is 7.11 Å². The second-order valence-corrected chi connectivity index (χ2v) is 7.48. The fourth-order valence-electron chi connectivity index (χ4n) is 2.87. The van der Waals surface area contributed by atoms with Crippen LogP contribution in [-0.2, 0) is 15.1 Å². The number of nitrogens with zero attached hydrogens (tertiary/aromatic N) is 1. The molecule has 1 saturated heterocycles. The zero-order valence-electron chi connectivity index (χ0n) is 14.8. The Labute approximate surface area is 170 Å². The van der Waals surface area contributed by atoms with Crippen LogP contribution in [0.15, 0.2) is 48.5 Å². The van der Waals surface area contributed by atoms with Crippen LogP contribution in [0.4, 0.5) is 10.5 Å². The molecule has 1 unspecified atom stereocenters. The largest absolute Gasteiger partial charge is 0.497 e. The second-order valence-electron chi connectivity index (χ2n) is 6.23. The Hall–Kier alpha value is -2.62. The van der Waals surface area contributed by atoms with Crippen molar-refractivity contribution in [3.8, 4) is 5.75 Å². The molecular formula is C19H18IN3O4. The fraction of sp³-hybridized carbons (Fsp3) is 0.211. The molecule has 7 nitrogen and oxygen atoms in total. The van der Waals surface area contributed by atoms with Gasteiger partial charge < -0.3 is 15.4 Å². The summed E-state index contributed by atoms with van der Waals surface area (Å²) in [5.41, 5.74) is -0.00906. The summed E-state index contributed by atoms with van der Waals surface area (Å²) in [7, 11) is 1.55. The molecule has 0 aliphatic carbocycles. The molecule has 0 radical (unpaired) electrons. The standard InChI is InChI=1S/C19H18IN3O4/c1-19(12-6-8-15(27-2)9-7-12)17(25)23(18(26)22-19)11-16(24)21-14-5-3-4-13(20)10-14/h3-10H,11H2,1-2H3,(H,21,24)(H,22,26). The number of carbonyl (C=O) groups is 3. The lowest BCUT2D eigenvalue weighted by atomic mass is 9.92. The number of hydrogen-bond donors (Lipinski definition) is 2. The molecule has 140 valence electrons. The quantitative estimate of drug-likeness (QED) is 0.510. The fourth-order valence-corrected chi connectivity index (χ4v) is 3.41. The molecule has 1 atom stereocenters. The van der Waals surface area contributed by atoms with E-state index >= 15 is 0 Å². The van der Waals surface area contributed by atoms with Crippen molar-refractivity contribution in [2.24, 2.45) is 0 Å². The van der Waals surface area contributed by atoms with Crippen molar-refractivity contribution in [3.63, 3.8) is 0 Å². The molecule has 0 spiro atoms. The Bertz CT molecular complexity index is 900. The van der Waals surface area contributed by atoms with E-state index in [1.54, 1.807) is 50.4 Å². The summed E-state index contributed by atoms with van der Waals surface area (Å²) in [6.45, 7) is 1.26. The third kappa shape index (κ3) is 3.90. The van der Waals surface area contributed by atoms with E-state index in [1.807, 2.05) is 12.1 Å². The monoisotopic (exact) mass is 479 g/mol. The molecule has 1 fully saturated rings. The molecule has 8 heteroatoms. The zero-order valence-corrected chi connectivity index (χ0v) is 16.9. The van der Waals surface area contributed by atoms with Gasteiger partial charge in [0, 0.05) is 9.26 Å². The first-order valence-electron chi connectivity index (χ1n) is 8.17. The van der Waals surface area contributed by atoms with Gasteiger partial charge in [-0.05, 0) is 65.4 Å². The number of amides is 4. The van der Waals surface area contributed by atoms with Crippen molar-refractivity contribution in [2.45, 2.75) is 12.5 Å². The Balaban J connectivity index is 1.74. The summed E-state index contributed by atoms with van der Waals surface area (Å²) >= 11 is 2.14. The van der Waals surface area contributed by atoms with E-state index in [1.165, 1.54) is 0 Å². The van der Waals surface area contributed by atoms with Crippen molar-refractivity contribution < 1.29 is 19.1 Å². The summed E-state index contributed by atoms with van der Waals surface area (Å²) in [5, 5.41) is 5.38. The van der Waals surface area contributed by atoms with Crippen LogP contribution in [0, 0.1) is 3.57 Å². The highest BCUT2D eigenvalue weighted by atomic mass is 127. The maximum absolute atomic E-state index is 12.9.